The number of nitrogens with one attached hydrogen (secondary N) is 2. The van der Waals surface area contributed by atoms with Crippen molar-refractivity contribution in [2.75, 3.05) is 6.54 Å². The average Bonchev–Trinajstić information content (AvgIpc) is 3.60. The minimum Gasteiger partial charge on any atom is -0.461 e. The predicted molar refractivity (Wildman–Crippen MR) is 132 cm³/mol. The van der Waals surface area contributed by atoms with Crippen molar-refractivity contribution in [1.82, 2.24) is 10.6 Å². The lowest BCUT2D eigenvalue weighted by Crippen LogP contribution is -2.42. The average molecular weight is 499 g/mol. The van der Waals surface area contributed by atoms with E-state index in [1.54, 1.807) is 20.8 Å². The van der Waals surface area contributed by atoms with Gasteiger partial charge in [0.2, 0.25) is 0 Å². The van der Waals surface area contributed by atoms with Gasteiger partial charge in [-0.05, 0) is 38.3 Å². The molecule has 3 atom stereocenters. The molecule has 0 saturated carbocycles. The van der Waals surface area contributed by atoms with Crippen LogP contribution >= 0.6 is 0 Å². The molecule has 0 bridgehead atoms. The molecule has 0 aromatic heterocycles. The molecule has 36 heavy (non-hydrogen) atoms. The molecule has 0 spiro atoms. The third kappa shape index (κ3) is 10.1. The van der Waals surface area contributed by atoms with Gasteiger partial charge in [-0.1, -0.05) is 60.7 Å². The highest BCUT2D eigenvalue weighted by Crippen LogP contribution is 2.21. The number of carbonyl (C=O) groups is 3. The Kier molecular flexibility index (Phi) is 9.84. The fourth-order valence-electron chi connectivity index (χ4n) is 3.31. The standard InChI is InChI=1S/C27H34N2O7/c1-27(2,3)36-26(32)28-16-22-24(35-22)29-21(25(31)34-18-20-12-8-5-9-13-20)14-15-23(30)33-17-19-10-6-4-7-11-19/h4-13,21-22,24,29H,14-18H2,1-3H3,(H,28,32). The SMILES string of the molecule is CC(C)(C)OC(=O)NCC1OC1NC(CCC(=O)OCc1ccccc1)C(=O)OCc1ccccc1. The number of esters is 2. The Morgan fingerprint density at radius 3 is 2.08 bits per heavy atom. The quantitative estimate of drug-likeness (QED) is 0.260. The Morgan fingerprint density at radius 1 is 0.917 bits per heavy atom. The van der Waals surface area contributed by atoms with Crippen LogP contribution in [0.3, 0.4) is 0 Å². The molecule has 9 nitrogen and oxygen atoms in total. The van der Waals surface area contributed by atoms with Crippen LogP contribution in [0, 0.1) is 0 Å². The zero-order valence-corrected chi connectivity index (χ0v) is 20.9. The summed E-state index contributed by atoms with van der Waals surface area (Å²) >= 11 is 0. The number of carbonyl (C=O) groups excluding carboxylic acids is 3. The Morgan fingerprint density at radius 2 is 1.50 bits per heavy atom. The maximum Gasteiger partial charge on any atom is 0.407 e. The maximum atomic E-state index is 12.8. The van der Waals surface area contributed by atoms with Gasteiger partial charge in [-0.25, -0.2) is 4.79 Å². The molecule has 3 rings (SSSR count). The smallest absolute Gasteiger partial charge is 0.407 e. The van der Waals surface area contributed by atoms with E-state index >= 15 is 0 Å². The lowest BCUT2D eigenvalue weighted by Gasteiger charge is -2.19. The topological polar surface area (TPSA) is 115 Å². The first-order chi connectivity index (χ1) is 17.2. The minimum atomic E-state index is -0.783. The van der Waals surface area contributed by atoms with Gasteiger partial charge in [-0.15, -0.1) is 0 Å². The number of benzene rings is 2. The van der Waals surface area contributed by atoms with E-state index in [1.807, 2.05) is 60.7 Å². The van der Waals surface area contributed by atoms with E-state index < -0.39 is 35.9 Å². The summed E-state index contributed by atoms with van der Waals surface area (Å²) in [6, 6.07) is 17.9. The van der Waals surface area contributed by atoms with E-state index in [0.29, 0.717) is 0 Å². The Labute approximate surface area is 211 Å². The lowest BCUT2D eigenvalue weighted by molar-refractivity contribution is -0.149. The van der Waals surface area contributed by atoms with Gasteiger partial charge in [-0.3, -0.25) is 14.9 Å². The molecule has 2 aromatic rings. The predicted octanol–water partition coefficient (Wildman–Crippen LogP) is 3.46. The second-order valence-corrected chi connectivity index (χ2v) is 9.48. The van der Waals surface area contributed by atoms with E-state index in [2.05, 4.69) is 10.6 Å². The van der Waals surface area contributed by atoms with Gasteiger partial charge in [0.1, 0.15) is 37.2 Å². The van der Waals surface area contributed by atoms with E-state index in [9.17, 15) is 14.4 Å². The molecule has 1 heterocycles. The summed E-state index contributed by atoms with van der Waals surface area (Å²) in [7, 11) is 0. The van der Waals surface area contributed by atoms with E-state index in [-0.39, 0.29) is 38.7 Å². The monoisotopic (exact) mass is 498 g/mol. The second-order valence-electron chi connectivity index (χ2n) is 9.48. The van der Waals surface area contributed by atoms with Gasteiger partial charge >= 0.3 is 18.0 Å². The van der Waals surface area contributed by atoms with Crippen molar-refractivity contribution >= 4 is 18.0 Å². The Bertz CT molecular complexity index is 992. The molecule has 0 radical (unpaired) electrons. The van der Waals surface area contributed by atoms with Crippen molar-refractivity contribution < 1.29 is 33.3 Å². The van der Waals surface area contributed by atoms with Crippen LogP contribution in [-0.2, 0) is 41.8 Å². The number of alkyl carbamates (subject to hydrolysis) is 1. The van der Waals surface area contributed by atoms with Crippen molar-refractivity contribution in [2.45, 2.75) is 70.8 Å². The number of hydrogen-bond acceptors (Lipinski definition) is 8. The fraction of sp³-hybridized carbons (Fsp3) is 0.444. The number of hydrogen-bond donors (Lipinski definition) is 2. The summed E-state index contributed by atoms with van der Waals surface area (Å²) in [5.41, 5.74) is 1.14. The van der Waals surface area contributed by atoms with Crippen LogP contribution in [0.4, 0.5) is 4.79 Å². The van der Waals surface area contributed by atoms with Crippen molar-refractivity contribution in [3.63, 3.8) is 0 Å². The normalized spacial score (nSPS) is 17.5. The third-order valence-electron chi connectivity index (χ3n) is 5.18. The highest BCUT2D eigenvalue weighted by Gasteiger charge is 2.42. The fourth-order valence-corrected chi connectivity index (χ4v) is 3.31. The largest absolute Gasteiger partial charge is 0.461 e. The number of epoxide rings is 1. The van der Waals surface area contributed by atoms with Gasteiger partial charge in [0.25, 0.3) is 0 Å². The van der Waals surface area contributed by atoms with Gasteiger partial charge in [0.05, 0.1) is 6.54 Å². The number of rotatable bonds is 12. The van der Waals surface area contributed by atoms with Gasteiger partial charge < -0.3 is 24.3 Å². The Hall–Kier alpha value is -3.43. The lowest BCUT2D eigenvalue weighted by atomic mass is 10.1. The molecule has 0 aliphatic carbocycles. The summed E-state index contributed by atoms with van der Waals surface area (Å²) in [5, 5.41) is 5.73. The van der Waals surface area contributed by atoms with Crippen LogP contribution in [0.2, 0.25) is 0 Å². The molecular formula is C27H34N2O7. The molecule has 1 aliphatic heterocycles. The van der Waals surface area contributed by atoms with Gasteiger partial charge in [0.15, 0.2) is 0 Å². The van der Waals surface area contributed by atoms with Crippen LogP contribution in [0.5, 0.6) is 0 Å². The zero-order valence-electron chi connectivity index (χ0n) is 20.9. The van der Waals surface area contributed by atoms with E-state index in [0.717, 1.165) is 11.1 Å². The first kappa shape index (κ1) is 27.2. The molecular weight excluding hydrogens is 464 g/mol. The molecule has 1 amide bonds. The van der Waals surface area contributed by atoms with Crippen LogP contribution in [0.1, 0.15) is 44.7 Å². The van der Waals surface area contributed by atoms with Gasteiger partial charge in [0, 0.05) is 6.42 Å². The molecule has 2 N–H and O–H groups in total. The second kappa shape index (κ2) is 13.0. The van der Waals surface area contributed by atoms with Crippen molar-refractivity contribution in [3.05, 3.63) is 71.8 Å². The number of ether oxygens (including phenoxy) is 4. The highest BCUT2D eigenvalue weighted by molar-refractivity contribution is 5.77. The molecule has 194 valence electrons. The van der Waals surface area contributed by atoms with Crippen molar-refractivity contribution in [2.24, 2.45) is 0 Å². The first-order valence-electron chi connectivity index (χ1n) is 12.0. The molecule has 3 unspecified atom stereocenters. The number of amides is 1. The van der Waals surface area contributed by atoms with E-state index in [4.69, 9.17) is 18.9 Å². The van der Waals surface area contributed by atoms with Crippen LogP contribution in [0.25, 0.3) is 0 Å². The van der Waals surface area contributed by atoms with Crippen molar-refractivity contribution in [3.8, 4) is 0 Å². The van der Waals surface area contributed by atoms with Gasteiger partial charge in [-0.2, -0.15) is 0 Å². The van der Waals surface area contributed by atoms with Crippen LogP contribution < -0.4 is 10.6 Å². The molecule has 1 aliphatic rings. The molecule has 1 fully saturated rings. The Balaban J connectivity index is 1.48. The maximum absolute atomic E-state index is 12.8. The summed E-state index contributed by atoms with van der Waals surface area (Å²) in [6.07, 6.45) is -1.13. The zero-order chi connectivity index (χ0) is 26.0. The first-order valence-corrected chi connectivity index (χ1v) is 12.0. The molecule has 9 heteroatoms. The van der Waals surface area contributed by atoms with Crippen LogP contribution in [0.15, 0.2) is 60.7 Å². The van der Waals surface area contributed by atoms with Crippen molar-refractivity contribution in [1.29, 1.82) is 0 Å². The summed E-state index contributed by atoms with van der Waals surface area (Å²) in [6.45, 7) is 5.84. The molecule has 2 aromatic carbocycles. The summed E-state index contributed by atoms with van der Waals surface area (Å²) < 4.78 is 21.6. The third-order valence-corrected chi connectivity index (χ3v) is 5.18. The molecule has 1 saturated heterocycles. The van der Waals surface area contributed by atoms with Crippen LogP contribution in [-0.4, -0.2) is 48.6 Å². The summed E-state index contributed by atoms with van der Waals surface area (Å²) in [5.74, 6) is -0.912. The highest BCUT2D eigenvalue weighted by atomic mass is 16.6. The minimum absolute atomic E-state index is 0.0263. The van der Waals surface area contributed by atoms with E-state index in [1.165, 1.54) is 0 Å². The summed E-state index contributed by atoms with van der Waals surface area (Å²) in [4.78, 5) is 37.0.